The fourth-order valence-electron chi connectivity index (χ4n) is 2.30. The molecule has 1 saturated carbocycles. The fraction of sp³-hybridized carbons (Fsp3) is 0.562. The average Bonchev–Trinajstić information content (AvgIpc) is 3.29. The standard InChI is InChI=1S/C16H24N2O2/c1-3-10-17-11-16(19)18(14-8-9-14)12-13-6-4-5-7-15(13)20-2/h4-7,14,17H,3,8-12H2,1-2H3. The number of carbonyl (C=O) groups excluding carboxylic acids is 1. The van der Waals surface area contributed by atoms with Crippen LogP contribution in [0.3, 0.4) is 0 Å². The lowest BCUT2D eigenvalue weighted by Gasteiger charge is -2.23. The number of ether oxygens (including phenoxy) is 1. The molecule has 0 atom stereocenters. The summed E-state index contributed by atoms with van der Waals surface area (Å²) in [4.78, 5) is 14.3. The second kappa shape index (κ2) is 7.29. The van der Waals surface area contributed by atoms with Gasteiger partial charge in [0, 0.05) is 18.2 Å². The summed E-state index contributed by atoms with van der Waals surface area (Å²) in [5, 5.41) is 3.19. The summed E-state index contributed by atoms with van der Waals surface area (Å²) in [5.74, 6) is 1.04. The molecule has 2 rings (SSSR count). The van der Waals surface area contributed by atoms with Gasteiger partial charge in [0.2, 0.25) is 5.91 Å². The molecule has 0 aromatic heterocycles. The summed E-state index contributed by atoms with van der Waals surface area (Å²) < 4.78 is 5.37. The van der Waals surface area contributed by atoms with E-state index in [9.17, 15) is 4.79 Å². The molecule has 1 aliphatic carbocycles. The fourth-order valence-corrected chi connectivity index (χ4v) is 2.30. The van der Waals surface area contributed by atoms with E-state index in [2.05, 4.69) is 12.2 Å². The van der Waals surface area contributed by atoms with Crippen LogP contribution >= 0.6 is 0 Å². The molecule has 1 aromatic rings. The van der Waals surface area contributed by atoms with Crippen LogP contribution in [-0.4, -0.2) is 37.0 Å². The van der Waals surface area contributed by atoms with Crippen LogP contribution in [0.2, 0.25) is 0 Å². The van der Waals surface area contributed by atoms with Crippen molar-refractivity contribution >= 4 is 5.91 Å². The zero-order valence-electron chi connectivity index (χ0n) is 12.4. The Labute approximate surface area is 121 Å². The van der Waals surface area contributed by atoms with Crippen LogP contribution in [-0.2, 0) is 11.3 Å². The van der Waals surface area contributed by atoms with Gasteiger partial charge >= 0.3 is 0 Å². The van der Waals surface area contributed by atoms with Crippen LogP contribution in [0.25, 0.3) is 0 Å². The normalized spacial score (nSPS) is 14.1. The second-order valence-corrected chi connectivity index (χ2v) is 5.24. The molecule has 20 heavy (non-hydrogen) atoms. The molecular formula is C16H24N2O2. The molecule has 0 heterocycles. The van der Waals surface area contributed by atoms with Crippen molar-refractivity contribution in [3.8, 4) is 5.75 Å². The molecule has 0 unspecified atom stereocenters. The van der Waals surface area contributed by atoms with Gasteiger partial charge in [-0.25, -0.2) is 0 Å². The summed E-state index contributed by atoms with van der Waals surface area (Å²) >= 11 is 0. The number of hydrogen-bond acceptors (Lipinski definition) is 3. The summed E-state index contributed by atoms with van der Waals surface area (Å²) in [7, 11) is 1.67. The smallest absolute Gasteiger partial charge is 0.237 e. The van der Waals surface area contributed by atoms with Crippen molar-refractivity contribution in [3.63, 3.8) is 0 Å². The first kappa shape index (κ1) is 14.9. The van der Waals surface area contributed by atoms with Gasteiger partial charge in [0.05, 0.1) is 13.7 Å². The maximum atomic E-state index is 12.3. The zero-order chi connectivity index (χ0) is 14.4. The quantitative estimate of drug-likeness (QED) is 0.740. The van der Waals surface area contributed by atoms with Gasteiger partial charge in [0.15, 0.2) is 0 Å². The molecule has 4 nitrogen and oxygen atoms in total. The molecule has 1 aromatic carbocycles. The Morgan fingerprint density at radius 2 is 2.15 bits per heavy atom. The first-order valence-electron chi connectivity index (χ1n) is 7.38. The number of nitrogens with zero attached hydrogens (tertiary/aromatic N) is 1. The Morgan fingerprint density at radius 1 is 1.40 bits per heavy atom. The Kier molecular flexibility index (Phi) is 5.41. The van der Waals surface area contributed by atoms with Gasteiger partial charge < -0.3 is 15.0 Å². The first-order valence-corrected chi connectivity index (χ1v) is 7.38. The van der Waals surface area contributed by atoms with Crippen molar-refractivity contribution in [3.05, 3.63) is 29.8 Å². The maximum Gasteiger partial charge on any atom is 0.237 e. The van der Waals surface area contributed by atoms with Gasteiger partial charge in [-0.2, -0.15) is 0 Å². The molecule has 0 aliphatic heterocycles. The van der Waals surface area contributed by atoms with Crippen LogP contribution in [0.5, 0.6) is 5.75 Å². The number of para-hydroxylation sites is 1. The molecular weight excluding hydrogens is 252 g/mol. The van der Waals surface area contributed by atoms with Crippen LogP contribution in [0, 0.1) is 0 Å². The number of hydrogen-bond donors (Lipinski definition) is 1. The highest BCUT2D eigenvalue weighted by Crippen LogP contribution is 2.30. The van der Waals surface area contributed by atoms with Crippen LogP contribution in [0.4, 0.5) is 0 Å². The van der Waals surface area contributed by atoms with Crippen molar-refractivity contribution < 1.29 is 9.53 Å². The van der Waals surface area contributed by atoms with Crippen LogP contribution < -0.4 is 10.1 Å². The van der Waals surface area contributed by atoms with E-state index in [1.807, 2.05) is 29.2 Å². The summed E-state index contributed by atoms with van der Waals surface area (Å²) in [6.45, 7) is 4.06. The number of nitrogens with one attached hydrogen (secondary N) is 1. The third kappa shape index (κ3) is 3.97. The van der Waals surface area contributed by atoms with E-state index in [1.165, 1.54) is 0 Å². The highest BCUT2D eigenvalue weighted by Gasteiger charge is 2.32. The molecule has 1 fully saturated rings. The minimum atomic E-state index is 0.187. The van der Waals surface area contributed by atoms with E-state index in [1.54, 1.807) is 7.11 Å². The molecule has 1 aliphatic rings. The predicted molar refractivity (Wildman–Crippen MR) is 79.7 cm³/mol. The maximum absolute atomic E-state index is 12.3. The molecule has 0 saturated heterocycles. The van der Waals surface area contributed by atoms with E-state index < -0.39 is 0 Å². The highest BCUT2D eigenvalue weighted by molar-refractivity contribution is 5.79. The van der Waals surface area contributed by atoms with Gasteiger partial charge in [0.25, 0.3) is 0 Å². The molecule has 110 valence electrons. The van der Waals surface area contributed by atoms with Gasteiger partial charge in [-0.3, -0.25) is 4.79 Å². The summed E-state index contributed by atoms with van der Waals surface area (Å²) in [5.41, 5.74) is 1.07. The van der Waals surface area contributed by atoms with E-state index in [0.29, 0.717) is 19.1 Å². The van der Waals surface area contributed by atoms with Crippen molar-refractivity contribution in [1.82, 2.24) is 10.2 Å². The molecule has 0 spiro atoms. The van der Waals surface area contributed by atoms with E-state index in [-0.39, 0.29) is 5.91 Å². The number of methoxy groups -OCH3 is 1. The van der Waals surface area contributed by atoms with Gasteiger partial charge in [0.1, 0.15) is 5.75 Å². The van der Waals surface area contributed by atoms with Crippen molar-refractivity contribution in [2.45, 2.75) is 38.8 Å². The molecule has 4 heteroatoms. The topological polar surface area (TPSA) is 41.6 Å². The number of amides is 1. The third-order valence-electron chi connectivity index (χ3n) is 3.54. The van der Waals surface area contributed by atoms with Crippen LogP contribution in [0.1, 0.15) is 31.7 Å². The monoisotopic (exact) mass is 276 g/mol. The van der Waals surface area contributed by atoms with E-state index >= 15 is 0 Å². The Bertz CT molecular complexity index is 444. The predicted octanol–water partition coefficient (Wildman–Crippen LogP) is 2.19. The average molecular weight is 276 g/mol. The lowest BCUT2D eigenvalue weighted by molar-refractivity contribution is -0.131. The van der Waals surface area contributed by atoms with Gasteiger partial charge in [-0.15, -0.1) is 0 Å². The minimum absolute atomic E-state index is 0.187. The van der Waals surface area contributed by atoms with E-state index in [4.69, 9.17) is 4.74 Å². The van der Waals surface area contributed by atoms with Crippen molar-refractivity contribution in [1.29, 1.82) is 0 Å². The number of rotatable bonds is 8. The van der Waals surface area contributed by atoms with E-state index in [0.717, 1.165) is 37.1 Å². The zero-order valence-corrected chi connectivity index (χ0v) is 12.4. The van der Waals surface area contributed by atoms with Crippen molar-refractivity contribution in [2.24, 2.45) is 0 Å². The van der Waals surface area contributed by atoms with Gasteiger partial charge in [-0.1, -0.05) is 25.1 Å². The SMILES string of the molecule is CCCNCC(=O)N(Cc1ccccc1OC)C1CC1. The Morgan fingerprint density at radius 3 is 2.80 bits per heavy atom. The lowest BCUT2D eigenvalue weighted by Crippen LogP contribution is -2.39. The molecule has 1 N–H and O–H groups in total. The number of benzene rings is 1. The summed E-state index contributed by atoms with van der Waals surface area (Å²) in [6, 6.07) is 8.33. The molecule has 0 bridgehead atoms. The van der Waals surface area contributed by atoms with Gasteiger partial charge in [-0.05, 0) is 31.9 Å². The van der Waals surface area contributed by atoms with Crippen molar-refractivity contribution in [2.75, 3.05) is 20.2 Å². The van der Waals surface area contributed by atoms with Crippen LogP contribution in [0.15, 0.2) is 24.3 Å². The third-order valence-corrected chi connectivity index (χ3v) is 3.54. The Hall–Kier alpha value is -1.55. The Balaban J connectivity index is 2.00. The minimum Gasteiger partial charge on any atom is -0.496 e. The largest absolute Gasteiger partial charge is 0.496 e. The molecule has 0 radical (unpaired) electrons. The second-order valence-electron chi connectivity index (χ2n) is 5.24. The summed E-state index contributed by atoms with van der Waals surface area (Å²) in [6.07, 6.45) is 3.28. The number of carbonyl (C=O) groups is 1. The molecule has 1 amide bonds. The lowest BCUT2D eigenvalue weighted by atomic mass is 10.2. The highest BCUT2D eigenvalue weighted by atomic mass is 16.5. The first-order chi connectivity index (χ1) is 9.76.